The molecule has 0 saturated heterocycles. The first kappa shape index (κ1) is 15.8. The first-order valence-electron chi connectivity index (χ1n) is 5.83. The minimum Gasteiger partial charge on any atom is -0.480 e. The van der Waals surface area contributed by atoms with Crippen molar-refractivity contribution in [2.45, 2.75) is 25.3 Å². The predicted molar refractivity (Wildman–Crippen MR) is 66.9 cm³/mol. The molecule has 0 unspecified atom stereocenters. The third-order valence-electron chi connectivity index (χ3n) is 2.73. The van der Waals surface area contributed by atoms with E-state index in [4.69, 9.17) is 15.9 Å². The van der Waals surface area contributed by atoms with Gasteiger partial charge in [-0.05, 0) is 30.2 Å². The Labute approximate surface area is 114 Å². The number of carbonyl (C=O) groups excluding carboxylic acids is 1. The predicted octanol–water partition coefficient (Wildman–Crippen LogP) is 0.828. The van der Waals surface area contributed by atoms with Crippen molar-refractivity contribution in [2.24, 2.45) is 5.73 Å². The Bertz CT molecular complexity index is 544. The summed E-state index contributed by atoms with van der Waals surface area (Å²) in [7, 11) is 0. The fourth-order valence-corrected chi connectivity index (χ4v) is 1.58. The van der Waals surface area contributed by atoms with Crippen molar-refractivity contribution in [1.82, 2.24) is 0 Å². The molecular formula is C13H14FNO5. The van der Waals surface area contributed by atoms with E-state index in [0.29, 0.717) is 0 Å². The van der Waals surface area contributed by atoms with Crippen LogP contribution < -0.4 is 5.73 Å². The van der Waals surface area contributed by atoms with E-state index in [0.717, 1.165) is 18.2 Å². The molecule has 0 heterocycles. The molecule has 0 aliphatic heterocycles. The zero-order chi connectivity index (χ0) is 15.3. The van der Waals surface area contributed by atoms with E-state index in [9.17, 15) is 18.8 Å². The van der Waals surface area contributed by atoms with Crippen LogP contribution in [0.2, 0.25) is 0 Å². The number of Topliss-reactive ketones (excluding diaryl/α,β-unsaturated/α-hetero) is 1. The molecule has 0 spiro atoms. The number of nitrogens with two attached hydrogens (primary N) is 1. The van der Waals surface area contributed by atoms with E-state index >= 15 is 0 Å². The number of hydrogen-bond donors (Lipinski definition) is 3. The first-order valence-corrected chi connectivity index (χ1v) is 5.83. The lowest BCUT2D eigenvalue weighted by atomic mass is 10.0. The topological polar surface area (TPSA) is 118 Å². The Hall–Kier alpha value is -2.28. The minimum absolute atomic E-state index is 0.0289. The highest BCUT2D eigenvalue weighted by molar-refractivity contribution is 5.88. The SMILES string of the molecule is N[C@@H](CCC(=O)Cc1cc(C(=O)O)ccc1F)C(=O)O. The Morgan fingerprint density at radius 3 is 2.45 bits per heavy atom. The molecule has 0 aromatic heterocycles. The van der Waals surface area contributed by atoms with Gasteiger partial charge >= 0.3 is 11.9 Å². The molecule has 1 atom stereocenters. The second kappa shape index (κ2) is 6.76. The number of halogens is 1. The molecular weight excluding hydrogens is 269 g/mol. The summed E-state index contributed by atoms with van der Waals surface area (Å²) in [4.78, 5) is 32.8. The normalized spacial score (nSPS) is 11.9. The van der Waals surface area contributed by atoms with Crippen LogP contribution in [0.15, 0.2) is 18.2 Å². The number of rotatable bonds is 7. The van der Waals surface area contributed by atoms with Crippen LogP contribution in [-0.4, -0.2) is 34.0 Å². The van der Waals surface area contributed by atoms with Gasteiger partial charge in [-0.3, -0.25) is 9.59 Å². The van der Waals surface area contributed by atoms with Crippen LogP contribution in [0.1, 0.15) is 28.8 Å². The maximum atomic E-state index is 13.5. The molecule has 0 fully saturated rings. The highest BCUT2D eigenvalue weighted by atomic mass is 19.1. The molecule has 1 rings (SSSR count). The number of carboxylic acid groups (broad SMARTS) is 2. The van der Waals surface area contributed by atoms with E-state index in [1.807, 2.05) is 0 Å². The van der Waals surface area contributed by atoms with Gasteiger partial charge in [-0.25, -0.2) is 9.18 Å². The van der Waals surface area contributed by atoms with Gasteiger partial charge in [0.05, 0.1) is 5.56 Å². The standard InChI is InChI=1S/C13H14FNO5/c14-10-3-1-7(12(17)18)5-8(10)6-9(16)2-4-11(15)13(19)20/h1,3,5,11H,2,4,6,15H2,(H,17,18)(H,19,20)/t11-/m0/s1. The summed E-state index contributed by atoms with van der Waals surface area (Å²) in [6, 6.07) is 2.03. The van der Waals surface area contributed by atoms with E-state index < -0.39 is 29.6 Å². The minimum atomic E-state index is -1.22. The Balaban J connectivity index is 2.68. The summed E-state index contributed by atoms with van der Waals surface area (Å²) in [6.07, 6.45) is -0.447. The van der Waals surface area contributed by atoms with Crippen LogP contribution in [0.5, 0.6) is 0 Å². The van der Waals surface area contributed by atoms with Crippen LogP contribution in [0, 0.1) is 5.82 Å². The van der Waals surface area contributed by atoms with E-state index in [1.54, 1.807) is 0 Å². The second-order valence-electron chi connectivity index (χ2n) is 4.31. The fraction of sp³-hybridized carbons (Fsp3) is 0.308. The number of benzene rings is 1. The van der Waals surface area contributed by atoms with Crippen molar-refractivity contribution < 1.29 is 29.0 Å². The molecule has 0 radical (unpaired) electrons. The quantitative estimate of drug-likeness (QED) is 0.682. The Kier molecular flexibility index (Phi) is 5.33. The van der Waals surface area contributed by atoms with Crippen LogP contribution in [-0.2, 0) is 16.0 Å². The van der Waals surface area contributed by atoms with Gasteiger partial charge in [-0.1, -0.05) is 0 Å². The zero-order valence-corrected chi connectivity index (χ0v) is 10.5. The largest absolute Gasteiger partial charge is 0.480 e. The van der Waals surface area contributed by atoms with Crippen LogP contribution in [0.4, 0.5) is 4.39 Å². The number of hydrogen-bond acceptors (Lipinski definition) is 4. The Morgan fingerprint density at radius 2 is 1.90 bits per heavy atom. The summed E-state index contributed by atoms with van der Waals surface area (Å²) in [5.41, 5.74) is 5.11. The van der Waals surface area contributed by atoms with Crippen LogP contribution >= 0.6 is 0 Å². The van der Waals surface area contributed by atoms with Crippen molar-refractivity contribution in [1.29, 1.82) is 0 Å². The lowest BCUT2D eigenvalue weighted by Crippen LogP contribution is -2.30. The summed E-state index contributed by atoms with van der Waals surface area (Å²) >= 11 is 0. The van der Waals surface area contributed by atoms with Crippen molar-refractivity contribution >= 4 is 17.7 Å². The summed E-state index contributed by atoms with van der Waals surface area (Å²) in [6.45, 7) is 0. The number of carboxylic acids is 2. The zero-order valence-electron chi connectivity index (χ0n) is 10.5. The Morgan fingerprint density at radius 1 is 1.25 bits per heavy atom. The monoisotopic (exact) mass is 283 g/mol. The average molecular weight is 283 g/mol. The number of aromatic carboxylic acids is 1. The molecule has 0 aliphatic rings. The van der Waals surface area contributed by atoms with E-state index in [2.05, 4.69) is 0 Å². The highest BCUT2D eigenvalue weighted by Gasteiger charge is 2.16. The maximum Gasteiger partial charge on any atom is 0.335 e. The smallest absolute Gasteiger partial charge is 0.335 e. The van der Waals surface area contributed by atoms with Gasteiger partial charge in [0, 0.05) is 12.8 Å². The maximum absolute atomic E-state index is 13.5. The third-order valence-corrected chi connectivity index (χ3v) is 2.73. The molecule has 1 aromatic rings. The van der Waals surface area contributed by atoms with Gasteiger partial charge in [0.15, 0.2) is 0 Å². The molecule has 108 valence electrons. The molecule has 20 heavy (non-hydrogen) atoms. The highest BCUT2D eigenvalue weighted by Crippen LogP contribution is 2.13. The lowest BCUT2D eigenvalue weighted by molar-refractivity contribution is -0.138. The first-order chi connectivity index (χ1) is 9.31. The molecule has 0 amide bonds. The average Bonchev–Trinajstić information content (AvgIpc) is 2.38. The van der Waals surface area contributed by atoms with Crippen LogP contribution in [0.25, 0.3) is 0 Å². The van der Waals surface area contributed by atoms with Gasteiger partial charge in [0.2, 0.25) is 0 Å². The summed E-state index contributed by atoms with van der Waals surface area (Å²) < 4.78 is 13.5. The summed E-state index contributed by atoms with van der Waals surface area (Å²) in [5.74, 6) is -3.50. The summed E-state index contributed by atoms with van der Waals surface area (Å²) in [5, 5.41) is 17.3. The van der Waals surface area contributed by atoms with Crippen molar-refractivity contribution in [3.63, 3.8) is 0 Å². The number of ketones is 1. The molecule has 0 aliphatic carbocycles. The number of aliphatic carboxylic acids is 1. The second-order valence-corrected chi connectivity index (χ2v) is 4.31. The third kappa shape index (κ3) is 4.43. The van der Waals surface area contributed by atoms with Crippen molar-refractivity contribution in [3.8, 4) is 0 Å². The van der Waals surface area contributed by atoms with E-state index in [1.165, 1.54) is 0 Å². The van der Waals surface area contributed by atoms with Gasteiger partial charge in [0.1, 0.15) is 17.6 Å². The molecule has 4 N–H and O–H groups in total. The molecule has 1 aromatic carbocycles. The van der Waals surface area contributed by atoms with Gasteiger partial charge in [0.25, 0.3) is 0 Å². The molecule has 0 saturated carbocycles. The van der Waals surface area contributed by atoms with Gasteiger partial charge in [-0.2, -0.15) is 0 Å². The van der Waals surface area contributed by atoms with E-state index in [-0.39, 0.29) is 30.4 Å². The fourth-order valence-electron chi connectivity index (χ4n) is 1.58. The lowest BCUT2D eigenvalue weighted by Gasteiger charge is -2.07. The van der Waals surface area contributed by atoms with Crippen molar-refractivity contribution in [2.75, 3.05) is 0 Å². The van der Waals surface area contributed by atoms with Gasteiger partial charge < -0.3 is 15.9 Å². The van der Waals surface area contributed by atoms with Gasteiger partial charge in [-0.15, -0.1) is 0 Å². The van der Waals surface area contributed by atoms with Crippen molar-refractivity contribution in [3.05, 3.63) is 35.1 Å². The molecule has 7 heteroatoms. The molecule has 6 nitrogen and oxygen atoms in total. The van der Waals surface area contributed by atoms with Crippen LogP contribution in [0.3, 0.4) is 0 Å². The number of carbonyl (C=O) groups is 3. The molecule has 0 bridgehead atoms.